The second-order valence-electron chi connectivity index (χ2n) is 7.99. The molecular formula is C21H26N2O6S. The molecule has 0 radical (unpaired) electrons. The molecule has 162 valence electrons. The number of hydroxylamine groups is 1. The molecule has 0 spiro atoms. The maximum atomic E-state index is 12.1. The van der Waals surface area contributed by atoms with Gasteiger partial charge in [0.15, 0.2) is 14.6 Å². The fraction of sp³-hybridized carbons (Fsp3) is 0.524. The summed E-state index contributed by atoms with van der Waals surface area (Å²) in [4.78, 5) is 17.4. The van der Waals surface area contributed by atoms with Crippen LogP contribution in [0.5, 0.6) is 0 Å². The number of nitrogens with zero attached hydrogens (tertiary/aromatic N) is 1. The maximum Gasteiger partial charge on any atom is 0.264 e. The number of carbonyl (C=O) groups is 1. The van der Waals surface area contributed by atoms with Crippen LogP contribution in [0.1, 0.15) is 43.7 Å². The molecular weight excluding hydrogens is 408 g/mol. The number of benzene rings is 1. The van der Waals surface area contributed by atoms with Crippen LogP contribution in [0.15, 0.2) is 29.4 Å². The highest BCUT2D eigenvalue weighted by molar-refractivity contribution is 7.92. The Morgan fingerprint density at radius 3 is 2.60 bits per heavy atom. The second-order valence-corrected chi connectivity index (χ2v) is 10.4. The second kappa shape index (κ2) is 8.76. The smallest absolute Gasteiger partial charge is 0.264 e. The van der Waals surface area contributed by atoms with E-state index in [1.807, 2.05) is 24.3 Å². The number of sulfone groups is 1. The largest absolute Gasteiger partial charge is 0.392 e. The lowest BCUT2D eigenvalue weighted by molar-refractivity contribution is -0.132. The molecule has 1 aliphatic carbocycles. The van der Waals surface area contributed by atoms with Gasteiger partial charge in [-0.2, -0.15) is 0 Å². The zero-order valence-corrected chi connectivity index (χ0v) is 18.0. The third-order valence-electron chi connectivity index (χ3n) is 5.82. The van der Waals surface area contributed by atoms with Gasteiger partial charge in [-0.1, -0.05) is 29.1 Å². The standard InChI is InChI=1S/C21H26N2O6S/c1-21(20(24)22-25,30(3,26)27)13-18-12-19(23-29-18)16-8-6-14(7-9-16)4-5-15-10-17(11-15)28-2/h6-9,15,17-18,25H,10-13H2,1-3H3,(H,22,24)/t15?,17?,18-,21?/m1/s1. The van der Waals surface area contributed by atoms with E-state index < -0.39 is 26.6 Å². The average molecular weight is 435 g/mol. The molecule has 9 heteroatoms. The Kier molecular flexibility index (Phi) is 6.50. The summed E-state index contributed by atoms with van der Waals surface area (Å²) in [7, 11) is -2.07. The van der Waals surface area contributed by atoms with Gasteiger partial charge in [-0.05, 0) is 37.5 Å². The van der Waals surface area contributed by atoms with Crippen molar-refractivity contribution in [3.8, 4) is 11.8 Å². The van der Waals surface area contributed by atoms with E-state index in [1.54, 1.807) is 7.11 Å². The summed E-state index contributed by atoms with van der Waals surface area (Å²) in [5.41, 5.74) is 3.86. The molecule has 2 aliphatic rings. The SMILES string of the molecule is COC1CC(C#Cc2ccc(C3=NO[C@@H](CC(C)(C(=O)NO)S(C)(=O)=O)C3)cc2)C1. The Morgan fingerprint density at radius 2 is 2.03 bits per heavy atom. The van der Waals surface area contributed by atoms with Gasteiger partial charge in [-0.3, -0.25) is 10.0 Å². The molecule has 1 unspecified atom stereocenters. The van der Waals surface area contributed by atoms with Crippen LogP contribution in [-0.2, 0) is 24.2 Å². The highest BCUT2D eigenvalue weighted by Crippen LogP contribution is 2.30. The summed E-state index contributed by atoms with van der Waals surface area (Å²) in [5, 5.41) is 13.0. The molecule has 0 bridgehead atoms. The number of carbonyl (C=O) groups excluding carboxylic acids is 1. The van der Waals surface area contributed by atoms with Crippen molar-refractivity contribution in [2.45, 2.75) is 49.6 Å². The normalized spacial score (nSPS) is 25.1. The van der Waals surface area contributed by atoms with Crippen molar-refractivity contribution in [3.05, 3.63) is 35.4 Å². The lowest BCUT2D eigenvalue weighted by Gasteiger charge is -2.30. The molecule has 2 atom stereocenters. The third kappa shape index (κ3) is 4.67. The summed E-state index contributed by atoms with van der Waals surface area (Å²) in [6.45, 7) is 1.26. The Labute approximate surface area is 176 Å². The summed E-state index contributed by atoms with van der Waals surface area (Å²) in [6, 6.07) is 7.60. The van der Waals surface area contributed by atoms with E-state index in [-0.39, 0.29) is 6.42 Å². The number of hydrogen-bond acceptors (Lipinski definition) is 7. The van der Waals surface area contributed by atoms with Gasteiger partial charge in [0.05, 0.1) is 11.8 Å². The molecule has 1 aromatic rings. The van der Waals surface area contributed by atoms with Crippen molar-refractivity contribution >= 4 is 21.5 Å². The minimum atomic E-state index is -3.79. The molecule has 30 heavy (non-hydrogen) atoms. The topological polar surface area (TPSA) is 114 Å². The van der Waals surface area contributed by atoms with Crippen LogP contribution in [0, 0.1) is 17.8 Å². The third-order valence-corrected chi connectivity index (χ3v) is 7.81. The zero-order valence-electron chi connectivity index (χ0n) is 17.2. The van der Waals surface area contributed by atoms with Crippen LogP contribution in [-0.4, -0.2) is 55.6 Å². The first-order valence-corrected chi connectivity index (χ1v) is 11.6. The van der Waals surface area contributed by atoms with E-state index in [4.69, 9.17) is 14.8 Å². The Hall–Kier alpha value is -2.41. The van der Waals surface area contributed by atoms with E-state index in [0.29, 0.717) is 24.2 Å². The fourth-order valence-electron chi connectivity index (χ4n) is 3.48. The molecule has 8 nitrogen and oxygen atoms in total. The molecule has 1 amide bonds. The molecule has 2 N–H and O–H groups in total. The minimum absolute atomic E-state index is 0.126. The molecule has 0 saturated heterocycles. The van der Waals surface area contributed by atoms with Crippen molar-refractivity contribution in [2.75, 3.05) is 13.4 Å². The number of ether oxygens (including phenoxy) is 1. The quantitative estimate of drug-likeness (QED) is 0.400. The van der Waals surface area contributed by atoms with Crippen LogP contribution in [0.25, 0.3) is 0 Å². The minimum Gasteiger partial charge on any atom is -0.392 e. The molecule has 0 aromatic heterocycles. The first-order chi connectivity index (χ1) is 14.2. The van der Waals surface area contributed by atoms with Crippen LogP contribution >= 0.6 is 0 Å². The van der Waals surface area contributed by atoms with E-state index in [0.717, 1.165) is 30.2 Å². The van der Waals surface area contributed by atoms with Gasteiger partial charge in [0.2, 0.25) is 0 Å². The van der Waals surface area contributed by atoms with Gasteiger partial charge in [-0.25, -0.2) is 13.9 Å². The Morgan fingerprint density at radius 1 is 1.37 bits per heavy atom. The Balaban J connectivity index is 1.61. The fourth-order valence-corrected chi connectivity index (χ4v) is 4.35. The summed E-state index contributed by atoms with van der Waals surface area (Å²) in [5.74, 6) is 5.81. The highest BCUT2D eigenvalue weighted by Gasteiger charge is 2.47. The van der Waals surface area contributed by atoms with E-state index in [9.17, 15) is 13.2 Å². The summed E-state index contributed by atoms with van der Waals surface area (Å²) < 4.78 is 27.7. The molecule has 1 fully saturated rings. The maximum absolute atomic E-state index is 12.1. The monoisotopic (exact) mass is 434 g/mol. The van der Waals surface area contributed by atoms with Crippen molar-refractivity contribution in [1.82, 2.24) is 5.48 Å². The van der Waals surface area contributed by atoms with E-state index in [1.165, 1.54) is 12.4 Å². The molecule has 3 rings (SSSR count). The predicted molar refractivity (Wildman–Crippen MR) is 111 cm³/mol. The average Bonchev–Trinajstić information content (AvgIpc) is 3.14. The first kappa shape index (κ1) is 22.3. The highest BCUT2D eigenvalue weighted by atomic mass is 32.2. The van der Waals surface area contributed by atoms with Crippen LogP contribution in [0.4, 0.5) is 0 Å². The van der Waals surface area contributed by atoms with Crippen molar-refractivity contribution < 1.29 is 28.0 Å². The molecule has 1 saturated carbocycles. The number of oxime groups is 1. The number of nitrogens with one attached hydrogen (secondary N) is 1. The van der Waals surface area contributed by atoms with Crippen molar-refractivity contribution in [3.63, 3.8) is 0 Å². The molecule has 1 heterocycles. The molecule has 1 aliphatic heterocycles. The van der Waals surface area contributed by atoms with Crippen molar-refractivity contribution in [1.29, 1.82) is 0 Å². The number of rotatable bonds is 6. The van der Waals surface area contributed by atoms with Crippen LogP contribution < -0.4 is 5.48 Å². The number of amides is 1. The van der Waals surface area contributed by atoms with E-state index >= 15 is 0 Å². The molecule has 1 aromatic carbocycles. The zero-order chi connectivity index (χ0) is 21.9. The summed E-state index contributed by atoms with van der Waals surface area (Å²) in [6.07, 6.45) is 2.86. The van der Waals surface area contributed by atoms with Gasteiger partial charge < -0.3 is 9.57 Å². The van der Waals surface area contributed by atoms with Crippen molar-refractivity contribution in [2.24, 2.45) is 11.1 Å². The van der Waals surface area contributed by atoms with Gasteiger partial charge in [0.25, 0.3) is 5.91 Å². The number of methoxy groups -OCH3 is 1. The lowest BCUT2D eigenvalue weighted by atomic mass is 9.83. The summed E-state index contributed by atoms with van der Waals surface area (Å²) >= 11 is 0. The van der Waals surface area contributed by atoms with Gasteiger partial charge >= 0.3 is 0 Å². The van der Waals surface area contributed by atoms with Gasteiger partial charge in [0, 0.05) is 37.7 Å². The van der Waals surface area contributed by atoms with Crippen LogP contribution in [0.3, 0.4) is 0 Å². The van der Waals surface area contributed by atoms with Crippen LogP contribution in [0.2, 0.25) is 0 Å². The van der Waals surface area contributed by atoms with Gasteiger partial charge in [0.1, 0.15) is 6.10 Å². The first-order valence-electron chi connectivity index (χ1n) is 9.68. The predicted octanol–water partition coefficient (Wildman–Crippen LogP) is 1.65. The van der Waals surface area contributed by atoms with Gasteiger partial charge in [-0.15, -0.1) is 0 Å². The van der Waals surface area contributed by atoms with E-state index in [2.05, 4.69) is 17.0 Å². The number of hydrogen-bond donors (Lipinski definition) is 2. The Bertz CT molecular complexity index is 987. The lowest BCUT2D eigenvalue weighted by Crippen LogP contribution is -2.51.